The Morgan fingerprint density at radius 3 is 2.91 bits per heavy atom. The first-order chi connectivity index (χ1) is 11.1. The molecule has 122 valence electrons. The van der Waals surface area contributed by atoms with Gasteiger partial charge in [-0.1, -0.05) is 11.3 Å². The van der Waals surface area contributed by atoms with Crippen LogP contribution in [0.15, 0.2) is 12.4 Å². The van der Waals surface area contributed by atoms with E-state index in [0.29, 0.717) is 12.5 Å². The SMILES string of the molecule is Cc1cncc(O[C@H]2CCOC3(C2)CN(c2nnc(C)s2)C3)n1. The zero-order valence-electron chi connectivity index (χ0n) is 13.2. The number of hydrogen-bond donors (Lipinski definition) is 0. The molecule has 8 heteroatoms. The van der Waals surface area contributed by atoms with Crippen LogP contribution < -0.4 is 9.64 Å². The zero-order chi connectivity index (χ0) is 15.9. The van der Waals surface area contributed by atoms with Crippen molar-refractivity contribution in [1.82, 2.24) is 20.2 Å². The fourth-order valence-corrected chi connectivity index (χ4v) is 3.86. The van der Waals surface area contributed by atoms with Crippen molar-refractivity contribution in [3.63, 3.8) is 0 Å². The summed E-state index contributed by atoms with van der Waals surface area (Å²) in [6, 6.07) is 0. The third-order valence-corrected chi connectivity index (χ3v) is 5.11. The van der Waals surface area contributed by atoms with Gasteiger partial charge in [0.05, 0.1) is 31.6 Å². The van der Waals surface area contributed by atoms with Crippen molar-refractivity contribution < 1.29 is 9.47 Å². The minimum atomic E-state index is -0.125. The third-order valence-electron chi connectivity index (χ3n) is 4.21. The van der Waals surface area contributed by atoms with Crippen LogP contribution in [0, 0.1) is 13.8 Å². The number of aryl methyl sites for hydroxylation is 2. The first kappa shape index (κ1) is 14.8. The van der Waals surface area contributed by atoms with E-state index in [2.05, 4.69) is 25.1 Å². The Morgan fingerprint density at radius 2 is 2.17 bits per heavy atom. The largest absolute Gasteiger partial charge is 0.473 e. The van der Waals surface area contributed by atoms with Gasteiger partial charge in [0.25, 0.3) is 0 Å². The molecule has 0 saturated carbocycles. The monoisotopic (exact) mass is 333 g/mol. The van der Waals surface area contributed by atoms with E-state index in [1.54, 1.807) is 23.7 Å². The molecule has 2 aliphatic heterocycles. The Balaban J connectivity index is 1.38. The summed E-state index contributed by atoms with van der Waals surface area (Å²) in [4.78, 5) is 10.7. The summed E-state index contributed by atoms with van der Waals surface area (Å²) in [5, 5.41) is 10.2. The van der Waals surface area contributed by atoms with Crippen molar-refractivity contribution in [3.05, 3.63) is 23.1 Å². The molecule has 2 aliphatic rings. The molecule has 23 heavy (non-hydrogen) atoms. The van der Waals surface area contributed by atoms with Crippen molar-refractivity contribution in [2.75, 3.05) is 24.6 Å². The number of anilines is 1. The topological polar surface area (TPSA) is 73.3 Å². The maximum Gasteiger partial charge on any atom is 0.232 e. The molecule has 2 aromatic rings. The van der Waals surface area contributed by atoms with Crippen LogP contribution in [0.1, 0.15) is 23.5 Å². The van der Waals surface area contributed by atoms with E-state index >= 15 is 0 Å². The lowest BCUT2D eigenvalue weighted by molar-refractivity contribution is -0.126. The summed E-state index contributed by atoms with van der Waals surface area (Å²) in [5.41, 5.74) is 0.741. The summed E-state index contributed by atoms with van der Waals surface area (Å²) >= 11 is 1.62. The van der Waals surface area contributed by atoms with Crippen LogP contribution in [-0.4, -0.2) is 51.6 Å². The van der Waals surface area contributed by atoms with Crippen LogP contribution >= 0.6 is 11.3 Å². The van der Waals surface area contributed by atoms with Crippen LogP contribution in [0.2, 0.25) is 0 Å². The van der Waals surface area contributed by atoms with Crippen LogP contribution in [-0.2, 0) is 4.74 Å². The average molecular weight is 333 g/mol. The minimum Gasteiger partial charge on any atom is -0.473 e. The number of hydrogen-bond acceptors (Lipinski definition) is 8. The summed E-state index contributed by atoms with van der Waals surface area (Å²) < 4.78 is 12.1. The van der Waals surface area contributed by atoms with Crippen LogP contribution in [0.4, 0.5) is 5.13 Å². The molecule has 4 rings (SSSR count). The summed E-state index contributed by atoms with van der Waals surface area (Å²) in [5.74, 6) is 0.600. The highest BCUT2D eigenvalue weighted by atomic mass is 32.1. The first-order valence-corrected chi connectivity index (χ1v) is 8.58. The summed E-state index contributed by atoms with van der Waals surface area (Å²) in [6.07, 6.45) is 5.28. The zero-order valence-corrected chi connectivity index (χ0v) is 14.0. The third kappa shape index (κ3) is 3.00. The molecule has 1 spiro atoms. The Bertz CT molecular complexity index is 701. The summed E-state index contributed by atoms with van der Waals surface area (Å²) in [6.45, 7) is 6.30. The molecule has 0 aromatic carbocycles. The Kier molecular flexibility index (Phi) is 3.65. The molecule has 4 heterocycles. The molecular formula is C15H19N5O2S. The van der Waals surface area contributed by atoms with Crippen molar-refractivity contribution >= 4 is 16.5 Å². The molecule has 2 saturated heterocycles. The smallest absolute Gasteiger partial charge is 0.232 e. The second kappa shape index (κ2) is 5.68. The van der Waals surface area contributed by atoms with Gasteiger partial charge in [0, 0.05) is 19.0 Å². The van der Waals surface area contributed by atoms with Gasteiger partial charge in [0.15, 0.2) is 0 Å². The van der Waals surface area contributed by atoms with E-state index in [1.807, 2.05) is 13.8 Å². The van der Waals surface area contributed by atoms with Gasteiger partial charge < -0.3 is 14.4 Å². The van der Waals surface area contributed by atoms with E-state index < -0.39 is 0 Å². The van der Waals surface area contributed by atoms with Crippen molar-refractivity contribution in [2.45, 2.75) is 38.4 Å². The van der Waals surface area contributed by atoms with Gasteiger partial charge in [-0.3, -0.25) is 4.98 Å². The molecule has 1 atom stereocenters. The molecule has 0 N–H and O–H groups in total. The van der Waals surface area contributed by atoms with E-state index in [9.17, 15) is 0 Å². The van der Waals surface area contributed by atoms with Gasteiger partial charge in [-0.2, -0.15) is 0 Å². The number of aromatic nitrogens is 4. The Morgan fingerprint density at radius 1 is 1.30 bits per heavy atom. The lowest BCUT2D eigenvalue weighted by Crippen LogP contribution is -2.66. The number of rotatable bonds is 3. The van der Waals surface area contributed by atoms with Crippen molar-refractivity contribution in [3.8, 4) is 5.88 Å². The molecule has 2 aromatic heterocycles. The van der Waals surface area contributed by atoms with Crippen LogP contribution in [0.3, 0.4) is 0 Å². The Labute approximate surface area is 138 Å². The fraction of sp³-hybridized carbons (Fsp3) is 0.600. The molecule has 0 radical (unpaired) electrons. The van der Waals surface area contributed by atoms with E-state index in [4.69, 9.17) is 9.47 Å². The van der Waals surface area contributed by atoms with E-state index in [-0.39, 0.29) is 11.7 Å². The second-order valence-electron chi connectivity index (χ2n) is 6.22. The molecule has 7 nitrogen and oxygen atoms in total. The normalized spacial score (nSPS) is 22.9. The minimum absolute atomic E-state index is 0.123. The lowest BCUT2D eigenvalue weighted by atomic mass is 9.85. The highest BCUT2D eigenvalue weighted by molar-refractivity contribution is 7.15. The molecule has 2 fully saturated rings. The van der Waals surface area contributed by atoms with Gasteiger partial charge in [-0.15, -0.1) is 10.2 Å². The van der Waals surface area contributed by atoms with Gasteiger partial charge in [0.1, 0.15) is 16.7 Å². The van der Waals surface area contributed by atoms with Gasteiger partial charge >= 0.3 is 0 Å². The average Bonchev–Trinajstić information content (AvgIpc) is 2.91. The molecule has 0 aliphatic carbocycles. The standard InChI is InChI=1S/C15H19N5O2S/c1-10-6-16-7-13(17-10)22-12-3-4-21-15(5-12)8-20(9-15)14-19-18-11(2)23-14/h6-7,12H,3-5,8-9H2,1-2H3/t12-/m0/s1. The predicted octanol–water partition coefficient (Wildman–Crippen LogP) is 1.76. The lowest BCUT2D eigenvalue weighted by Gasteiger charge is -2.52. The van der Waals surface area contributed by atoms with Gasteiger partial charge in [-0.05, 0) is 13.8 Å². The highest BCUT2D eigenvalue weighted by Gasteiger charge is 2.49. The van der Waals surface area contributed by atoms with Crippen LogP contribution in [0.5, 0.6) is 5.88 Å². The predicted molar refractivity (Wildman–Crippen MR) is 86.0 cm³/mol. The van der Waals surface area contributed by atoms with Gasteiger partial charge in [0.2, 0.25) is 11.0 Å². The second-order valence-corrected chi connectivity index (χ2v) is 7.38. The van der Waals surface area contributed by atoms with E-state index in [0.717, 1.165) is 41.8 Å². The van der Waals surface area contributed by atoms with Gasteiger partial charge in [-0.25, -0.2) is 4.98 Å². The maximum absolute atomic E-state index is 6.05. The number of ether oxygens (including phenoxy) is 2. The Hall–Kier alpha value is -1.80. The summed E-state index contributed by atoms with van der Waals surface area (Å²) in [7, 11) is 0. The molecule has 0 amide bonds. The fourth-order valence-electron chi connectivity index (χ4n) is 3.17. The maximum atomic E-state index is 6.05. The molecule has 0 bridgehead atoms. The van der Waals surface area contributed by atoms with E-state index in [1.165, 1.54) is 0 Å². The quantitative estimate of drug-likeness (QED) is 0.847. The van der Waals surface area contributed by atoms with Crippen molar-refractivity contribution in [1.29, 1.82) is 0 Å². The first-order valence-electron chi connectivity index (χ1n) is 7.76. The molecular weight excluding hydrogens is 314 g/mol. The number of nitrogens with zero attached hydrogens (tertiary/aromatic N) is 5. The van der Waals surface area contributed by atoms with Crippen molar-refractivity contribution in [2.24, 2.45) is 0 Å². The molecule has 0 unspecified atom stereocenters. The highest BCUT2D eigenvalue weighted by Crippen LogP contribution is 2.38. The van der Waals surface area contributed by atoms with Crippen LogP contribution in [0.25, 0.3) is 0 Å².